The van der Waals surface area contributed by atoms with Gasteiger partial charge in [-0.2, -0.15) is 5.10 Å². The summed E-state index contributed by atoms with van der Waals surface area (Å²) in [6.45, 7) is 1.41. The molecule has 1 aliphatic rings. The molecule has 2 N–H and O–H groups in total. The van der Waals surface area contributed by atoms with Gasteiger partial charge in [0.05, 0.1) is 18.4 Å². The number of para-hydroxylation sites is 1. The van der Waals surface area contributed by atoms with E-state index in [1.54, 1.807) is 7.05 Å². The molecular formula is C18H24IN7O2. The molecule has 28 heavy (non-hydrogen) atoms. The van der Waals surface area contributed by atoms with Crippen LogP contribution in [-0.4, -0.2) is 71.2 Å². The first-order valence-electron chi connectivity index (χ1n) is 8.67. The number of rotatable bonds is 6. The molecule has 0 bridgehead atoms. The van der Waals surface area contributed by atoms with E-state index in [2.05, 4.69) is 20.7 Å². The molecule has 10 heteroatoms. The second kappa shape index (κ2) is 10.1. The van der Waals surface area contributed by atoms with Crippen molar-refractivity contribution in [1.82, 2.24) is 30.2 Å². The van der Waals surface area contributed by atoms with E-state index in [4.69, 9.17) is 0 Å². The van der Waals surface area contributed by atoms with Gasteiger partial charge in [0, 0.05) is 45.5 Å². The Hall–Kier alpha value is -2.63. The number of nitrogens with one attached hydrogen (secondary N) is 2. The Bertz CT molecular complexity index is 821. The Morgan fingerprint density at radius 2 is 2.07 bits per heavy atom. The lowest BCUT2D eigenvalue weighted by molar-refractivity contribution is -0.124. The van der Waals surface area contributed by atoms with Crippen LogP contribution in [-0.2, 0) is 11.3 Å². The van der Waals surface area contributed by atoms with Crippen LogP contribution in [0.25, 0.3) is 5.69 Å². The van der Waals surface area contributed by atoms with Gasteiger partial charge in [-0.25, -0.2) is 9.48 Å². The first-order valence-corrected chi connectivity index (χ1v) is 8.67. The van der Waals surface area contributed by atoms with E-state index in [0.29, 0.717) is 25.6 Å². The average molecular weight is 497 g/mol. The number of hydrogen-bond acceptors (Lipinski definition) is 4. The van der Waals surface area contributed by atoms with Crippen LogP contribution >= 0.6 is 24.0 Å². The van der Waals surface area contributed by atoms with E-state index in [1.807, 2.05) is 59.4 Å². The minimum atomic E-state index is -0.349. The predicted octanol–water partition coefficient (Wildman–Crippen LogP) is 1.05. The van der Waals surface area contributed by atoms with Crippen LogP contribution in [0, 0.1) is 0 Å². The first kappa shape index (κ1) is 21.7. The highest BCUT2D eigenvalue weighted by molar-refractivity contribution is 14.0. The Labute approximate surface area is 180 Å². The molecule has 2 heterocycles. The van der Waals surface area contributed by atoms with Gasteiger partial charge in [-0.15, -0.1) is 24.0 Å². The smallest absolute Gasteiger partial charge is 0.324 e. The molecular weight excluding hydrogens is 473 g/mol. The summed E-state index contributed by atoms with van der Waals surface area (Å²) < 4.78 is 1.83. The molecule has 0 atom stereocenters. The molecule has 0 saturated carbocycles. The number of aliphatic imine (C=N–C) groups is 1. The third kappa shape index (κ3) is 5.21. The lowest BCUT2D eigenvalue weighted by atomic mass is 10.3. The summed E-state index contributed by atoms with van der Waals surface area (Å²) in [5, 5.41) is 10.1. The van der Waals surface area contributed by atoms with Crippen LogP contribution in [0.5, 0.6) is 0 Å². The zero-order valence-electron chi connectivity index (χ0n) is 15.8. The van der Waals surface area contributed by atoms with Gasteiger partial charge in [-0.05, 0) is 12.1 Å². The van der Waals surface area contributed by atoms with E-state index in [1.165, 1.54) is 4.90 Å². The number of hydrogen-bond donors (Lipinski definition) is 2. The van der Waals surface area contributed by atoms with E-state index in [0.717, 1.165) is 11.3 Å². The highest BCUT2D eigenvalue weighted by atomic mass is 127. The number of halogens is 1. The van der Waals surface area contributed by atoms with Crippen molar-refractivity contribution in [2.75, 3.05) is 33.7 Å². The standard InChI is InChI=1S/C18H23N7O2.HI/c1-19-17(20-8-9-24-16(26)11-21-18(24)27)23(2)12-14-10-22-25(13-14)15-6-4-3-5-7-15;/h3-7,10,13H,8-9,11-12H2,1-2H3,(H,19,20)(H,21,27);1H. The topological polar surface area (TPSA) is 94.9 Å². The Morgan fingerprint density at radius 3 is 2.71 bits per heavy atom. The molecule has 1 aromatic carbocycles. The van der Waals surface area contributed by atoms with Crippen molar-refractivity contribution in [3.63, 3.8) is 0 Å². The summed E-state index contributed by atoms with van der Waals surface area (Å²) in [5.41, 5.74) is 2.04. The van der Waals surface area contributed by atoms with Gasteiger partial charge in [0.2, 0.25) is 5.91 Å². The Morgan fingerprint density at radius 1 is 1.32 bits per heavy atom. The van der Waals surface area contributed by atoms with Gasteiger partial charge in [0.25, 0.3) is 0 Å². The van der Waals surface area contributed by atoms with Crippen LogP contribution in [0.4, 0.5) is 4.79 Å². The van der Waals surface area contributed by atoms with Crippen molar-refractivity contribution in [1.29, 1.82) is 0 Å². The third-order valence-corrected chi connectivity index (χ3v) is 4.21. The maximum atomic E-state index is 11.6. The number of carbonyl (C=O) groups is 2. The Balaban J connectivity index is 0.00000280. The first-order chi connectivity index (χ1) is 13.1. The van der Waals surface area contributed by atoms with Crippen LogP contribution in [0.15, 0.2) is 47.7 Å². The highest BCUT2D eigenvalue weighted by Crippen LogP contribution is 2.09. The van der Waals surface area contributed by atoms with Crippen molar-refractivity contribution in [3.8, 4) is 5.69 Å². The molecule has 1 aliphatic heterocycles. The monoisotopic (exact) mass is 497 g/mol. The Kier molecular flexibility index (Phi) is 7.79. The lowest BCUT2D eigenvalue weighted by Gasteiger charge is -2.22. The molecule has 150 valence electrons. The molecule has 0 radical (unpaired) electrons. The fraction of sp³-hybridized carbons (Fsp3) is 0.333. The summed E-state index contributed by atoms with van der Waals surface area (Å²) in [6, 6.07) is 9.56. The van der Waals surface area contributed by atoms with Crippen LogP contribution in [0.2, 0.25) is 0 Å². The number of imide groups is 1. The van der Waals surface area contributed by atoms with Crippen molar-refractivity contribution in [2.24, 2.45) is 4.99 Å². The van der Waals surface area contributed by atoms with E-state index >= 15 is 0 Å². The van der Waals surface area contributed by atoms with Gasteiger partial charge in [0.1, 0.15) is 0 Å². The number of urea groups is 1. The number of guanidine groups is 1. The van der Waals surface area contributed by atoms with Gasteiger partial charge < -0.3 is 15.5 Å². The van der Waals surface area contributed by atoms with E-state index in [9.17, 15) is 9.59 Å². The summed E-state index contributed by atoms with van der Waals surface area (Å²) in [5.74, 6) is 0.466. The van der Waals surface area contributed by atoms with Crippen LogP contribution in [0.1, 0.15) is 5.56 Å². The summed E-state index contributed by atoms with van der Waals surface area (Å²) in [6.07, 6.45) is 3.80. The molecule has 3 amide bonds. The molecule has 0 spiro atoms. The van der Waals surface area contributed by atoms with Crippen LogP contribution < -0.4 is 10.6 Å². The molecule has 1 aromatic heterocycles. The van der Waals surface area contributed by atoms with Gasteiger partial charge in [-0.3, -0.25) is 14.7 Å². The quantitative estimate of drug-likeness (QED) is 0.269. The van der Waals surface area contributed by atoms with Gasteiger partial charge >= 0.3 is 6.03 Å². The summed E-state index contributed by atoms with van der Waals surface area (Å²) in [4.78, 5) is 30.5. The molecule has 2 aromatic rings. The van der Waals surface area contributed by atoms with Crippen molar-refractivity contribution < 1.29 is 9.59 Å². The van der Waals surface area contributed by atoms with E-state index < -0.39 is 0 Å². The molecule has 0 unspecified atom stereocenters. The number of nitrogens with zero attached hydrogens (tertiary/aromatic N) is 5. The zero-order chi connectivity index (χ0) is 19.2. The molecule has 1 saturated heterocycles. The van der Waals surface area contributed by atoms with Gasteiger partial charge in [-0.1, -0.05) is 18.2 Å². The number of amides is 3. The molecule has 9 nitrogen and oxygen atoms in total. The van der Waals surface area contributed by atoms with Crippen molar-refractivity contribution in [3.05, 3.63) is 48.3 Å². The molecule has 1 fully saturated rings. The van der Waals surface area contributed by atoms with Crippen molar-refractivity contribution in [2.45, 2.75) is 6.54 Å². The number of carbonyl (C=O) groups excluding carboxylic acids is 2. The highest BCUT2D eigenvalue weighted by Gasteiger charge is 2.27. The predicted molar refractivity (Wildman–Crippen MR) is 117 cm³/mol. The fourth-order valence-electron chi connectivity index (χ4n) is 2.86. The fourth-order valence-corrected chi connectivity index (χ4v) is 2.86. The summed E-state index contributed by atoms with van der Waals surface area (Å²) in [7, 11) is 3.61. The lowest BCUT2D eigenvalue weighted by Crippen LogP contribution is -2.43. The normalized spacial score (nSPS) is 13.9. The number of aromatic nitrogens is 2. The second-order valence-corrected chi connectivity index (χ2v) is 6.16. The second-order valence-electron chi connectivity index (χ2n) is 6.16. The molecule has 3 rings (SSSR count). The van der Waals surface area contributed by atoms with Crippen molar-refractivity contribution >= 4 is 41.9 Å². The minimum absolute atomic E-state index is 0. The van der Waals surface area contributed by atoms with E-state index in [-0.39, 0.29) is 42.5 Å². The summed E-state index contributed by atoms with van der Waals surface area (Å²) >= 11 is 0. The molecule has 0 aliphatic carbocycles. The number of benzene rings is 1. The van der Waals surface area contributed by atoms with Crippen LogP contribution in [0.3, 0.4) is 0 Å². The zero-order valence-corrected chi connectivity index (χ0v) is 18.2. The average Bonchev–Trinajstić information content (AvgIpc) is 3.27. The minimum Gasteiger partial charge on any atom is -0.354 e. The largest absolute Gasteiger partial charge is 0.354 e. The SMILES string of the molecule is CN=C(NCCN1C(=O)CNC1=O)N(C)Cc1cnn(-c2ccccc2)c1.I. The maximum absolute atomic E-state index is 11.6. The third-order valence-electron chi connectivity index (χ3n) is 4.21. The maximum Gasteiger partial charge on any atom is 0.324 e. The van der Waals surface area contributed by atoms with Gasteiger partial charge in [0.15, 0.2) is 5.96 Å².